The molecule has 112 valence electrons. The number of amides is 1. The van der Waals surface area contributed by atoms with E-state index < -0.39 is 9.84 Å². The predicted octanol–water partition coefficient (Wildman–Crippen LogP) is 0.937. The second-order valence-corrected chi connectivity index (χ2v) is 8.00. The summed E-state index contributed by atoms with van der Waals surface area (Å²) < 4.78 is 24.7. The number of aromatic nitrogens is 2. The van der Waals surface area contributed by atoms with E-state index in [4.69, 9.17) is 0 Å². The van der Waals surface area contributed by atoms with Crippen LogP contribution in [-0.2, 0) is 9.84 Å². The van der Waals surface area contributed by atoms with Crippen LogP contribution in [0.15, 0.2) is 6.07 Å². The van der Waals surface area contributed by atoms with Crippen molar-refractivity contribution < 1.29 is 13.2 Å². The maximum absolute atomic E-state index is 12.0. The fourth-order valence-corrected chi connectivity index (χ4v) is 4.02. The first-order chi connectivity index (χ1) is 9.28. The summed E-state index contributed by atoms with van der Waals surface area (Å²) in [5.74, 6) is 0.484. The topological polar surface area (TPSA) is 81.1 Å². The van der Waals surface area contributed by atoms with Crippen LogP contribution in [0.2, 0.25) is 0 Å². The number of hydrogen-bond acceptors (Lipinski definition) is 4. The van der Waals surface area contributed by atoms with Crippen LogP contribution in [0.4, 0.5) is 0 Å². The molecule has 1 aromatic rings. The van der Waals surface area contributed by atoms with Crippen LogP contribution in [-0.4, -0.2) is 42.2 Å². The minimum absolute atomic E-state index is 0.114. The van der Waals surface area contributed by atoms with Crippen LogP contribution >= 0.6 is 0 Å². The molecule has 20 heavy (non-hydrogen) atoms. The van der Waals surface area contributed by atoms with Gasteiger partial charge in [0.15, 0.2) is 9.84 Å². The van der Waals surface area contributed by atoms with Crippen LogP contribution in [0, 0.1) is 12.8 Å². The molecule has 0 aromatic carbocycles. The van der Waals surface area contributed by atoms with Gasteiger partial charge in [-0.15, -0.1) is 0 Å². The average molecular weight is 299 g/mol. The molecule has 1 amide bonds. The zero-order valence-corrected chi connectivity index (χ0v) is 12.9. The van der Waals surface area contributed by atoms with Crippen molar-refractivity contribution in [3.63, 3.8) is 0 Å². The third-order valence-corrected chi connectivity index (χ3v) is 5.13. The SMILES string of the molecule is Cc1cc(C(=O)NCC(C)C)nn1C1CCS(=O)(=O)C1. The van der Waals surface area contributed by atoms with Crippen molar-refractivity contribution >= 4 is 15.7 Å². The highest BCUT2D eigenvalue weighted by molar-refractivity contribution is 7.91. The average Bonchev–Trinajstić information content (AvgIpc) is 2.89. The Morgan fingerprint density at radius 2 is 2.25 bits per heavy atom. The Morgan fingerprint density at radius 1 is 1.55 bits per heavy atom. The summed E-state index contributed by atoms with van der Waals surface area (Å²) in [6.07, 6.45) is 0.567. The van der Waals surface area contributed by atoms with Crippen molar-refractivity contribution in [2.45, 2.75) is 33.2 Å². The van der Waals surface area contributed by atoms with E-state index in [1.807, 2.05) is 20.8 Å². The molecule has 1 saturated heterocycles. The predicted molar refractivity (Wildman–Crippen MR) is 76.4 cm³/mol. The van der Waals surface area contributed by atoms with Gasteiger partial charge in [0, 0.05) is 12.2 Å². The van der Waals surface area contributed by atoms with Gasteiger partial charge >= 0.3 is 0 Å². The minimum atomic E-state index is -2.95. The Hall–Kier alpha value is -1.37. The van der Waals surface area contributed by atoms with E-state index in [1.165, 1.54) is 0 Å². The molecular weight excluding hydrogens is 278 g/mol. The number of carbonyl (C=O) groups is 1. The normalized spacial score (nSPS) is 21.3. The number of nitrogens with zero attached hydrogens (tertiary/aromatic N) is 2. The van der Waals surface area contributed by atoms with Crippen molar-refractivity contribution in [2.75, 3.05) is 18.1 Å². The summed E-state index contributed by atoms with van der Waals surface area (Å²) in [5.41, 5.74) is 1.18. The number of aryl methyl sites for hydroxylation is 1. The summed E-state index contributed by atoms with van der Waals surface area (Å²) in [6, 6.07) is 1.56. The molecule has 2 heterocycles. The van der Waals surface area contributed by atoms with Crippen LogP contribution in [0.5, 0.6) is 0 Å². The Kier molecular flexibility index (Phi) is 4.17. The first-order valence-electron chi connectivity index (χ1n) is 6.83. The molecule has 0 aliphatic carbocycles. The number of hydrogen-bond donors (Lipinski definition) is 1. The number of nitrogens with one attached hydrogen (secondary N) is 1. The van der Waals surface area contributed by atoms with Gasteiger partial charge in [0.25, 0.3) is 5.91 Å². The van der Waals surface area contributed by atoms with Gasteiger partial charge in [-0.2, -0.15) is 5.10 Å². The lowest BCUT2D eigenvalue weighted by Crippen LogP contribution is -2.28. The highest BCUT2D eigenvalue weighted by Gasteiger charge is 2.31. The monoisotopic (exact) mass is 299 g/mol. The molecule has 6 nitrogen and oxygen atoms in total. The van der Waals surface area contributed by atoms with E-state index in [1.54, 1.807) is 10.7 Å². The molecule has 0 saturated carbocycles. The highest BCUT2D eigenvalue weighted by Crippen LogP contribution is 2.24. The molecule has 1 aliphatic heterocycles. The van der Waals surface area contributed by atoms with Gasteiger partial charge in [0.2, 0.25) is 0 Å². The molecule has 1 atom stereocenters. The number of carbonyl (C=O) groups excluding carboxylic acids is 1. The third-order valence-electron chi connectivity index (χ3n) is 3.38. The zero-order valence-electron chi connectivity index (χ0n) is 12.1. The van der Waals surface area contributed by atoms with Crippen LogP contribution in [0.3, 0.4) is 0 Å². The van der Waals surface area contributed by atoms with Gasteiger partial charge in [-0.05, 0) is 25.3 Å². The standard InChI is InChI=1S/C13H21N3O3S/c1-9(2)7-14-13(17)12-6-10(3)16(15-12)11-4-5-20(18,19)8-11/h6,9,11H,4-5,7-8H2,1-3H3,(H,14,17). The van der Waals surface area contributed by atoms with Gasteiger partial charge in [-0.1, -0.05) is 13.8 Å². The fourth-order valence-electron chi connectivity index (χ4n) is 2.32. The Labute approximate surface area is 119 Å². The maximum atomic E-state index is 12.0. The van der Waals surface area contributed by atoms with Crippen LogP contribution in [0.25, 0.3) is 0 Å². The van der Waals surface area contributed by atoms with Crippen molar-refractivity contribution in [1.29, 1.82) is 0 Å². The van der Waals surface area contributed by atoms with Crippen LogP contribution in [0.1, 0.15) is 42.5 Å². The summed E-state index contributed by atoms with van der Waals surface area (Å²) in [7, 11) is -2.95. The molecule has 1 unspecified atom stereocenters. The van der Waals surface area contributed by atoms with E-state index >= 15 is 0 Å². The quantitative estimate of drug-likeness (QED) is 0.897. The van der Waals surface area contributed by atoms with Crippen LogP contribution < -0.4 is 5.32 Å². The van der Waals surface area contributed by atoms with Gasteiger partial charge in [0.05, 0.1) is 17.5 Å². The second-order valence-electron chi connectivity index (χ2n) is 5.78. The molecule has 1 aliphatic rings. The lowest BCUT2D eigenvalue weighted by molar-refractivity contribution is 0.0943. The first-order valence-corrected chi connectivity index (χ1v) is 8.65. The maximum Gasteiger partial charge on any atom is 0.271 e. The van der Waals surface area contributed by atoms with Crippen molar-refractivity contribution in [3.05, 3.63) is 17.5 Å². The number of sulfone groups is 1. The molecule has 1 aromatic heterocycles. The largest absolute Gasteiger partial charge is 0.350 e. The summed E-state index contributed by atoms with van der Waals surface area (Å²) in [6.45, 7) is 6.49. The molecule has 0 bridgehead atoms. The molecule has 7 heteroatoms. The minimum Gasteiger partial charge on any atom is -0.350 e. The molecule has 0 radical (unpaired) electrons. The Balaban J connectivity index is 2.12. The smallest absolute Gasteiger partial charge is 0.271 e. The third kappa shape index (κ3) is 3.39. The second kappa shape index (κ2) is 5.55. The Morgan fingerprint density at radius 3 is 2.80 bits per heavy atom. The van der Waals surface area contributed by atoms with Crippen molar-refractivity contribution in [2.24, 2.45) is 5.92 Å². The van der Waals surface area contributed by atoms with Crippen molar-refractivity contribution in [3.8, 4) is 0 Å². The summed E-state index contributed by atoms with van der Waals surface area (Å²) in [5, 5.41) is 7.09. The summed E-state index contributed by atoms with van der Waals surface area (Å²) >= 11 is 0. The highest BCUT2D eigenvalue weighted by atomic mass is 32.2. The molecule has 1 fully saturated rings. The van der Waals surface area contributed by atoms with Gasteiger partial charge < -0.3 is 5.32 Å². The lowest BCUT2D eigenvalue weighted by Gasteiger charge is -2.10. The molecule has 1 N–H and O–H groups in total. The van der Waals surface area contributed by atoms with E-state index in [0.717, 1.165) is 5.69 Å². The number of rotatable bonds is 4. The van der Waals surface area contributed by atoms with E-state index in [9.17, 15) is 13.2 Å². The van der Waals surface area contributed by atoms with E-state index in [2.05, 4.69) is 10.4 Å². The van der Waals surface area contributed by atoms with Gasteiger partial charge in [-0.25, -0.2) is 8.42 Å². The molecule has 0 spiro atoms. The van der Waals surface area contributed by atoms with Crippen molar-refractivity contribution in [1.82, 2.24) is 15.1 Å². The Bertz CT molecular complexity index is 604. The zero-order chi connectivity index (χ0) is 14.9. The first kappa shape index (κ1) is 15.0. The van der Waals surface area contributed by atoms with E-state index in [-0.39, 0.29) is 23.5 Å². The van der Waals surface area contributed by atoms with E-state index in [0.29, 0.717) is 24.6 Å². The van der Waals surface area contributed by atoms with Gasteiger partial charge in [-0.3, -0.25) is 9.48 Å². The summed E-state index contributed by atoms with van der Waals surface area (Å²) in [4.78, 5) is 12.0. The molecule has 2 rings (SSSR count). The van der Waals surface area contributed by atoms with Gasteiger partial charge in [0.1, 0.15) is 5.69 Å². The lowest BCUT2D eigenvalue weighted by atomic mass is 10.2. The molecular formula is C13H21N3O3S. The fraction of sp³-hybridized carbons (Fsp3) is 0.692.